The Balaban J connectivity index is 1.95. The van der Waals surface area contributed by atoms with Crippen LogP contribution in [0.3, 0.4) is 0 Å². The molecule has 0 amide bonds. The lowest BCUT2D eigenvalue weighted by Crippen LogP contribution is -2.59. The Morgan fingerprint density at radius 1 is 1.24 bits per heavy atom. The first-order valence-electron chi connectivity index (χ1n) is 6.71. The van der Waals surface area contributed by atoms with E-state index in [2.05, 4.69) is 12.2 Å². The topological polar surface area (TPSA) is 58.6 Å². The van der Waals surface area contributed by atoms with E-state index in [0.29, 0.717) is 32.1 Å². The summed E-state index contributed by atoms with van der Waals surface area (Å²) in [5, 5.41) is 12.9. The Kier molecular flexibility index (Phi) is 4.05. The minimum Gasteiger partial charge on any atom is -0.480 e. The third kappa shape index (κ3) is 2.99. The van der Waals surface area contributed by atoms with Gasteiger partial charge in [-0.2, -0.15) is 0 Å². The SMILES string of the molecule is CC1CCC(NC2(C(=O)O)CCOCC2)CC1. The van der Waals surface area contributed by atoms with Gasteiger partial charge in [-0.15, -0.1) is 0 Å². The van der Waals surface area contributed by atoms with E-state index in [1.165, 1.54) is 12.8 Å². The molecule has 98 valence electrons. The number of carbonyl (C=O) groups is 1. The summed E-state index contributed by atoms with van der Waals surface area (Å²) in [6.07, 6.45) is 5.82. The zero-order valence-electron chi connectivity index (χ0n) is 10.6. The first-order valence-corrected chi connectivity index (χ1v) is 6.71. The summed E-state index contributed by atoms with van der Waals surface area (Å²) >= 11 is 0. The molecular weight excluding hydrogens is 218 g/mol. The molecule has 0 bridgehead atoms. The van der Waals surface area contributed by atoms with Crippen LogP contribution in [0.4, 0.5) is 0 Å². The van der Waals surface area contributed by atoms with Crippen molar-refractivity contribution in [3.63, 3.8) is 0 Å². The predicted octanol–water partition coefficient (Wildman–Crippen LogP) is 1.79. The van der Waals surface area contributed by atoms with Gasteiger partial charge < -0.3 is 9.84 Å². The lowest BCUT2D eigenvalue weighted by atomic mass is 9.83. The summed E-state index contributed by atoms with van der Waals surface area (Å²) in [6.45, 7) is 3.39. The highest BCUT2D eigenvalue weighted by Crippen LogP contribution is 2.28. The molecule has 0 atom stereocenters. The van der Waals surface area contributed by atoms with Gasteiger partial charge in [-0.25, -0.2) is 0 Å². The Labute approximate surface area is 103 Å². The molecule has 1 saturated carbocycles. The third-order valence-electron chi connectivity index (χ3n) is 4.25. The second-order valence-electron chi connectivity index (χ2n) is 5.60. The molecule has 4 nitrogen and oxygen atoms in total. The molecule has 0 unspecified atom stereocenters. The van der Waals surface area contributed by atoms with Crippen LogP contribution in [0.5, 0.6) is 0 Å². The monoisotopic (exact) mass is 241 g/mol. The number of nitrogens with one attached hydrogen (secondary N) is 1. The molecule has 0 aromatic carbocycles. The van der Waals surface area contributed by atoms with Crippen molar-refractivity contribution >= 4 is 5.97 Å². The van der Waals surface area contributed by atoms with Gasteiger partial charge in [0.05, 0.1) is 0 Å². The fourth-order valence-corrected chi connectivity index (χ4v) is 2.93. The standard InChI is InChI=1S/C13H23NO3/c1-10-2-4-11(5-3-10)14-13(12(15)16)6-8-17-9-7-13/h10-11,14H,2-9H2,1H3,(H,15,16). The summed E-state index contributed by atoms with van der Waals surface area (Å²) < 4.78 is 5.28. The maximum atomic E-state index is 11.5. The lowest BCUT2D eigenvalue weighted by Gasteiger charge is -2.39. The van der Waals surface area contributed by atoms with E-state index in [1.807, 2.05) is 0 Å². The van der Waals surface area contributed by atoms with Crippen molar-refractivity contribution in [3.8, 4) is 0 Å². The predicted molar refractivity (Wildman–Crippen MR) is 65.0 cm³/mol. The van der Waals surface area contributed by atoms with E-state index in [4.69, 9.17) is 4.74 Å². The number of hydrogen-bond acceptors (Lipinski definition) is 3. The summed E-state index contributed by atoms with van der Waals surface area (Å²) in [4.78, 5) is 11.5. The Morgan fingerprint density at radius 3 is 2.35 bits per heavy atom. The van der Waals surface area contributed by atoms with Crippen LogP contribution in [0.1, 0.15) is 45.4 Å². The van der Waals surface area contributed by atoms with Gasteiger partial charge in [-0.1, -0.05) is 6.92 Å². The van der Waals surface area contributed by atoms with Gasteiger partial charge in [-0.05, 0) is 44.4 Å². The number of aliphatic carboxylic acids is 1. The van der Waals surface area contributed by atoms with Crippen LogP contribution in [-0.2, 0) is 9.53 Å². The first kappa shape index (κ1) is 12.8. The molecule has 2 rings (SSSR count). The zero-order chi connectivity index (χ0) is 12.3. The summed E-state index contributed by atoms with van der Waals surface area (Å²) in [5.74, 6) is 0.0861. The van der Waals surface area contributed by atoms with Crippen molar-refractivity contribution in [2.45, 2.75) is 57.0 Å². The minimum atomic E-state index is -0.733. The number of ether oxygens (including phenoxy) is 1. The molecule has 2 fully saturated rings. The zero-order valence-corrected chi connectivity index (χ0v) is 10.6. The quantitative estimate of drug-likeness (QED) is 0.791. The number of hydrogen-bond donors (Lipinski definition) is 2. The largest absolute Gasteiger partial charge is 0.480 e. The van der Waals surface area contributed by atoms with Crippen LogP contribution in [0.15, 0.2) is 0 Å². The van der Waals surface area contributed by atoms with Gasteiger partial charge in [0, 0.05) is 19.3 Å². The van der Waals surface area contributed by atoms with E-state index in [0.717, 1.165) is 18.8 Å². The molecule has 1 saturated heterocycles. The molecule has 1 aliphatic carbocycles. The lowest BCUT2D eigenvalue weighted by molar-refractivity contribution is -0.150. The number of carboxylic acids is 1. The van der Waals surface area contributed by atoms with Crippen molar-refractivity contribution in [1.82, 2.24) is 5.32 Å². The summed E-state index contributed by atoms with van der Waals surface area (Å²) in [6, 6.07) is 0.375. The van der Waals surface area contributed by atoms with Crippen LogP contribution in [-0.4, -0.2) is 35.9 Å². The molecule has 2 N–H and O–H groups in total. The van der Waals surface area contributed by atoms with Gasteiger partial charge in [-0.3, -0.25) is 10.1 Å². The summed E-state index contributed by atoms with van der Waals surface area (Å²) in [7, 11) is 0. The molecule has 0 radical (unpaired) electrons. The normalized spacial score (nSPS) is 33.2. The Morgan fingerprint density at radius 2 is 1.82 bits per heavy atom. The molecule has 2 aliphatic rings. The number of rotatable bonds is 3. The highest BCUT2D eigenvalue weighted by atomic mass is 16.5. The Bertz CT molecular complexity index is 266. The molecule has 0 aromatic heterocycles. The molecular formula is C13H23NO3. The van der Waals surface area contributed by atoms with Crippen LogP contribution in [0.25, 0.3) is 0 Å². The fourth-order valence-electron chi connectivity index (χ4n) is 2.93. The van der Waals surface area contributed by atoms with Crippen molar-refractivity contribution in [2.24, 2.45) is 5.92 Å². The Hall–Kier alpha value is -0.610. The second kappa shape index (κ2) is 5.36. The van der Waals surface area contributed by atoms with Gasteiger partial charge in [0.1, 0.15) is 5.54 Å². The maximum Gasteiger partial charge on any atom is 0.324 e. The third-order valence-corrected chi connectivity index (χ3v) is 4.25. The van der Waals surface area contributed by atoms with Crippen LogP contribution < -0.4 is 5.32 Å². The smallest absolute Gasteiger partial charge is 0.324 e. The van der Waals surface area contributed by atoms with Gasteiger partial charge >= 0.3 is 5.97 Å². The molecule has 1 heterocycles. The van der Waals surface area contributed by atoms with Gasteiger partial charge in [0.15, 0.2) is 0 Å². The number of carboxylic acid groups (broad SMARTS) is 1. The highest BCUT2D eigenvalue weighted by Gasteiger charge is 2.41. The highest BCUT2D eigenvalue weighted by molar-refractivity contribution is 5.79. The minimum absolute atomic E-state index is 0.375. The average Bonchev–Trinajstić information content (AvgIpc) is 2.33. The maximum absolute atomic E-state index is 11.5. The van der Waals surface area contributed by atoms with Crippen LogP contribution >= 0.6 is 0 Å². The molecule has 4 heteroatoms. The summed E-state index contributed by atoms with van der Waals surface area (Å²) in [5.41, 5.74) is -0.733. The van der Waals surface area contributed by atoms with Crippen LogP contribution in [0.2, 0.25) is 0 Å². The van der Waals surface area contributed by atoms with E-state index >= 15 is 0 Å². The van der Waals surface area contributed by atoms with E-state index in [-0.39, 0.29) is 0 Å². The van der Waals surface area contributed by atoms with Crippen LogP contribution in [0, 0.1) is 5.92 Å². The molecule has 0 spiro atoms. The average molecular weight is 241 g/mol. The van der Waals surface area contributed by atoms with E-state index in [1.54, 1.807) is 0 Å². The first-order chi connectivity index (χ1) is 8.12. The second-order valence-corrected chi connectivity index (χ2v) is 5.60. The fraction of sp³-hybridized carbons (Fsp3) is 0.923. The van der Waals surface area contributed by atoms with Crippen molar-refractivity contribution in [2.75, 3.05) is 13.2 Å². The molecule has 17 heavy (non-hydrogen) atoms. The molecule has 1 aliphatic heterocycles. The van der Waals surface area contributed by atoms with Crippen molar-refractivity contribution in [3.05, 3.63) is 0 Å². The van der Waals surface area contributed by atoms with Crippen molar-refractivity contribution < 1.29 is 14.6 Å². The van der Waals surface area contributed by atoms with Gasteiger partial charge in [0.25, 0.3) is 0 Å². The van der Waals surface area contributed by atoms with Crippen molar-refractivity contribution in [1.29, 1.82) is 0 Å². The van der Waals surface area contributed by atoms with Gasteiger partial charge in [0.2, 0.25) is 0 Å². The van der Waals surface area contributed by atoms with E-state index in [9.17, 15) is 9.90 Å². The van der Waals surface area contributed by atoms with E-state index < -0.39 is 11.5 Å². The molecule has 0 aromatic rings.